The molecule has 0 unspecified atom stereocenters. The summed E-state index contributed by atoms with van der Waals surface area (Å²) in [5, 5.41) is 3.57. The number of hydrogen-bond donors (Lipinski definition) is 1. The van der Waals surface area contributed by atoms with Crippen LogP contribution in [0.4, 0.5) is 0 Å². The maximum Gasteiger partial charge on any atom is 0.0323 e. The van der Waals surface area contributed by atoms with E-state index < -0.39 is 0 Å². The third-order valence-electron chi connectivity index (χ3n) is 3.05. The molecule has 0 aliphatic carbocycles. The van der Waals surface area contributed by atoms with Crippen molar-refractivity contribution in [3.05, 3.63) is 35.4 Å². The van der Waals surface area contributed by atoms with E-state index in [1.165, 1.54) is 30.5 Å². The van der Waals surface area contributed by atoms with E-state index in [0.29, 0.717) is 12.0 Å². The molecule has 1 atom stereocenters. The van der Waals surface area contributed by atoms with Gasteiger partial charge in [-0.2, -0.15) is 0 Å². The summed E-state index contributed by atoms with van der Waals surface area (Å²) in [5.74, 6) is 0.633. The van der Waals surface area contributed by atoms with Crippen LogP contribution in [-0.4, -0.2) is 6.54 Å². The molecule has 0 amide bonds. The van der Waals surface area contributed by atoms with Crippen molar-refractivity contribution in [2.75, 3.05) is 6.54 Å². The van der Waals surface area contributed by atoms with Gasteiger partial charge in [-0.25, -0.2) is 0 Å². The van der Waals surface area contributed by atoms with Crippen molar-refractivity contribution in [1.82, 2.24) is 5.32 Å². The minimum absolute atomic E-state index is 0.605. The lowest BCUT2D eigenvalue weighted by Crippen LogP contribution is -2.14. The first-order chi connectivity index (χ1) is 6.79. The van der Waals surface area contributed by atoms with Crippen LogP contribution < -0.4 is 5.32 Å². The monoisotopic (exact) mass is 189 g/mol. The highest BCUT2D eigenvalue weighted by molar-refractivity contribution is 5.32. The molecule has 0 spiro atoms. The third-order valence-corrected chi connectivity index (χ3v) is 3.05. The lowest BCUT2D eigenvalue weighted by Gasteiger charge is -2.17. The van der Waals surface area contributed by atoms with E-state index in [0.717, 1.165) is 0 Å². The fourth-order valence-electron chi connectivity index (χ4n) is 2.30. The van der Waals surface area contributed by atoms with Gasteiger partial charge in [0.1, 0.15) is 0 Å². The Balaban J connectivity index is 2.30. The SMILES string of the molecule is CC(C)c1ccccc1[C@@H]1CCCN1. The highest BCUT2D eigenvalue weighted by Crippen LogP contribution is 2.29. The van der Waals surface area contributed by atoms with E-state index in [-0.39, 0.29) is 0 Å². The molecule has 2 rings (SSSR count). The Bertz CT molecular complexity index is 298. The largest absolute Gasteiger partial charge is 0.310 e. The highest BCUT2D eigenvalue weighted by Gasteiger charge is 2.19. The zero-order valence-electron chi connectivity index (χ0n) is 9.09. The number of nitrogens with one attached hydrogen (secondary N) is 1. The van der Waals surface area contributed by atoms with Gasteiger partial charge in [0.15, 0.2) is 0 Å². The van der Waals surface area contributed by atoms with Crippen molar-refractivity contribution in [2.24, 2.45) is 0 Å². The Hall–Kier alpha value is -0.820. The number of hydrogen-bond acceptors (Lipinski definition) is 1. The van der Waals surface area contributed by atoms with Crippen LogP contribution in [0.1, 0.15) is 49.8 Å². The standard InChI is InChI=1S/C13H19N/c1-10(2)11-6-3-4-7-12(11)13-8-5-9-14-13/h3-4,6-7,10,13-14H,5,8-9H2,1-2H3/t13-/m0/s1. The van der Waals surface area contributed by atoms with Crippen LogP contribution >= 0.6 is 0 Å². The lowest BCUT2D eigenvalue weighted by atomic mass is 9.92. The fraction of sp³-hybridized carbons (Fsp3) is 0.538. The fourth-order valence-corrected chi connectivity index (χ4v) is 2.30. The van der Waals surface area contributed by atoms with E-state index in [1.54, 1.807) is 0 Å². The Morgan fingerprint density at radius 2 is 2.07 bits per heavy atom. The molecular weight excluding hydrogens is 170 g/mol. The van der Waals surface area contributed by atoms with Crippen molar-refractivity contribution >= 4 is 0 Å². The summed E-state index contributed by atoms with van der Waals surface area (Å²) in [4.78, 5) is 0. The van der Waals surface area contributed by atoms with Crippen LogP contribution in [-0.2, 0) is 0 Å². The van der Waals surface area contributed by atoms with Crippen LogP contribution in [0, 0.1) is 0 Å². The molecule has 1 N–H and O–H groups in total. The maximum absolute atomic E-state index is 3.57. The molecule has 1 aromatic carbocycles. The number of rotatable bonds is 2. The van der Waals surface area contributed by atoms with Crippen molar-refractivity contribution in [1.29, 1.82) is 0 Å². The van der Waals surface area contributed by atoms with Crippen LogP contribution in [0.15, 0.2) is 24.3 Å². The molecule has 1 heteroatoms. The molecule has 1 fully saturated rings. The van der Waals surface area contributed by atoms with E-state index in [4.69, 9.17) is 0 Å². The predicted octanol–water partition coefficient (Wildman–Crippen LogP) is 3.23. The van der Waals surface area contributed by atoms with Gasteiger partial charge in [-0.1, -0.05) is 38.1 Å². The van der Waals surface area contributed by atoms with Crippen LogP contribution in [0.3, 0.4) is 0 Å². The second-order valence-electron chi connectivity index (χ2n) is 4.43. The van der Waals surface area contributed by atoms with Gasteiger partial charge in [0.25, 0.3) is 0 Å². The van der Waals surface area contributed by atoms with Gasteiger partial charge in [-0.05, 0) is 36.4 Å². The first-order valence-electron chi connectivity index (χ1n) is 5.61. The zero-order chi connectivity index (χ0) is 9.97. The molecule has 0 saturated carbocycles. The molecule has 14 heavy (non-hydrogen) atoms. The van der Waals surface area contributed by atoms with E-state index in [2.05, 4.69) is 43.4 Å². The molecule has 1 saturated heterocycles. The van der Waals surface area contributed by atoms with Crippen molar-refractivity contribution < 1.29 is 0 Å². The van der Waals surface area contributed by atoms with Crippen LogP contribution in [0.5, 0.6) is 0 Å². The van der Waals surface area contributed by atoms with Crippen molar-refractivity contribution in [3.63, 3.8) is 0 Å². The minimum atomic E-state index is 0.605. The molecule has 76 valence electrons. The van der Waals surface area contributed by atoms with Gasteiger partial charge in [-0.3, -0.25) is 0 Å². The summed E-state index contributed by atoms with van der Waals surface area (Å²) in [6.07, 6.45) is 2.61. The Kier molecular flexibility index (Phi) is 2.87. The average Bonchev–Trinajstić information content (AvgIpc) is 2.70. The van der Waals surface area contributed by atoms with Gasteiger partial charge in [0, 0.05) is 6.04 Å². The van der Waals surface area contributed by atoms with Gasteiger partial charge in [0.2, 0.25) is 0 Å². The Morgan fingerprint density at radius 1 is 1.29 bits per heavy atom. The van der Waals surface area contributed by atoms with E-state index in [1.807, 2.05) is 0 Å². The van der Waals surface area contributed by atoms with Crippen molar-refractivity contribution in [2.45, 2.75) is 38.6 Å². The Morgan fingerprint density at radius 3 is 2.71 bits per heavy atom. The minimum Gasteiger partial charge on any atom is -0.310 e. The molecular formula is C13H19N. The zero-order valence-corrected chi connectivity index (χ0v) is 9.09. The second-order valence-corrected chi connectivity index (χ2v) is 4.43. The van der Waals surface area contributed by atoms with Gasteiger partial charge in [-0.15, -0.1) is 0 Å². The van der Waals surface area contributed by atoms with E-state index in [9.17, 15) is 0 Å². The summed E-state index contributed by atoms with van der Waals surface area (Å²) >= 11 is 0. The second kappa shape index (κ2) is 4.14. The topological polar surface area (TPSA) is 12.0 Å². The molecule has 1 aliphatic heterocycles. The van der Waals surface area contributed by atoms with E-state index >= 15 is 0 Å². The predicted molar refractivity (Wildman–Crippen MR) is 60.5 cm³/mol. The quantitative estimate of drug-likeness (QED) is 0.753. The normalized spacial score (nSPS) is 21.8. The molecule has 0 aromatic heterocycles. The molecule has 0 bridgehead atoms. The molecule has 1 heterocycles. The summed E-state index contributed by atoms with van der Waals surface area (Å²) in [7, 11) is 0. The summed E-state index contributed by atoms with van der Waals surface area (Å²) in [6, 6.07) is 9.45. The first kappa shape index (κ1) is 9.72. The Labute approximate surface area is 86.5 Å². The molecule has 0 radical (unpaired) electrons. The number of benzene rings is 1. The summed E-state index contributed by atoms with van der Waals surface area (Å²) < 4.78 is 0. The maximum atomic E-state index is 3.57. The summed E-state index contributed by atoms with van der Waals surface area (Å²) in [6.45, 7) is 5.72. The lowest BCUT2D eigenvalue weighted by molar-refractivity contribution is 0.633. The average molecular weight is 189 g/mol. The third kappa shape index (κ3) is 1.83. The smallest absolute Gasteiger partial charge is 0.0323 e. The molecule has 1 nitrogen and oxygen atoms in total. The van der Waals surface area contributed by atoms with Gasteiger partial charge in [0.05, 0.1) is 0 Å². The van der Waals surface area contributed by atoms with Crippen molar-refractivity contribution in [3.8, 4) is 0 Å². The first-order valence-corrected chi connectivity index (χ1v) is 5.61. The van der Waals surface area contributed by atoms with Gasteiger partial charge < -0.3 is 5.32 Å². The van der Waals surface area contributed by atoms with Gasteiger partial charge >= 0.3 is 0 Å². The summed E-state index contributed by atoms with van der Waals surface area (Å²) in [5.41, 5.74) is 3.02. The molecule has 1 aromatic rings. The highest BCUT2D eigenvalue weighted by atomic mass is 14.9. The van der Waals surface area contributed by atoms with Crippen LogP contribution in [0.25, 0.3) is 0 Å². The molecule has 1 aliphatic rings. The van der Waals surface area contributed by atoms with Crippen LogP contribution in [0.2, 0.25) is 0 Å².